The summed E-state index contributed by atoms with van der Waals surface area (Å²) in [5.41, 5.74) is 2.12. The normalized spacial score (nSPS) is 20.4. The summed E-state index contributed by atoms with van der Waals surface area (Å²) in [6.45, 7) is 0. The highest BCUT2D eigenvalue weighted by atomic mass is 79.9. The van der Waals surface area contributed by atoms with Crippen LogP contribution in [0.1, 0.15) is 12.0 Å². The quantitative estimate of drug-likeness (QED) is 0.817. The maximum atomic E-state index is 11.7. The van der Waals surface area contributed by atoms with Gasteiger partial charge in [-0.2, -0.15) is 0 Å². The maximum Gasteiger partial charge on any atom is 0.241 e. The van der Waals surface area contributed by atoms with E-state index in [1.807, 2.05) is 19.2 Å². The lowest BCUT2D eigenvalue weighted by Crippen LogP contribution is -2.37. The first-order chi connectivity index (χ1) is 7.20. The summed E-state index contributed by atoms with van der Waals surface area (Å²) in [6.07, 6.45) is 1.75. The molecule has 0 saturated heterocycles. The van der Waals surface area contributed by atoms with Gasteiger partial charge in [-0.3, -0.25) is 4.79 Å². The van der Waals surface area contributed by atoms with E-state index in [4.69, 9.17) is 0 Å². The number of carbonyl (C=O) groups excluding carboxylic acids is 1. The summed E-state index contributed by atoms with van der Waals surface area (Å²) in [4.78, 5) is 11.7. The van der Waals surface area contributed by atoms with Crippen LogP contribution < -0.4 is 10.6 Å². The summed E-state index contributed by atoms with van der Waals surface area (Å²) >= 11 is 3.43. The number of nitrogens with one attached hydrogen (secondary N) is 2. The number of hydrogen-bond donors (Lipinski definition) is 2. The van der Waals surface area contributed by atoms with E-state index in [1.165, 1.54) is 5.56 Å². The van der Waals surface area contributed by atoms with Crippen molar-refractivity contribution in [2.24, 2.45) is 0 Å². The van der Waals surface area contributed by atoms with Gasteiger partial charge in [0.25, 0.3) is 0 Å². The number of aryl methyl sites for hydroxylation is 1. The SMILES string of the molecule is CN[C@H]1CCc2cc(Br)ccc2NC1=O. The van der Waals surface area contributed by atoms with E-state index < -0.39 is 0 Å². The molecule has 0 fully saturated rings. The van der Waals surface area contributed by atoms with Crippen molar-refractivity contribution in [2.75, 3.05) is 12.4 Å². The van der Waals surface area contributed by atoms with Crippen LogP contribution in [0.4, 0.5) is 5.69 Å². The van der Waals surface area contributed by atoms with Gasteiger partial charge in [-0.15, -0.1) is 0 Å². The third kappa shape index (κ3) is 2.21. The molecule has 0 unspecified atom stereocenters. The molecule has 1 aromatic rings. The lowest BCUT2D eigenvalue weighted by atomic mass is 10.1. The fourth-order valence-electron chi connectivity index (χ4n) is 1.82. The molecule has 0 saturated carbocycles. The molecule has 1 aliphatic heterocycles. The molecule has 1 atom stereocenters. The van der Waals surface area contributed by atoms with E-state index >= 15 is 0 Å². The van der Waals surface area contributed by atoms with Crippen LogP contribution in [-0.4, -0.2) is 19.0 Å². The van der Waals surface area contributed by atoms with Gasteiger partial charge in [-0.1, -0.05) is 15.9 Å². The smallest absolute Gasteiger partial charge is 0.241 e. The molecule has 0 spiro atoms. The number of likely N-dealkylation sites (N-methyl/N-ethyl adjacent to an activating group) is 1. The predicted molar refractivity (Wildman–Crippen MR) is 63.9 cm³/mol. The van der Waals surface area contributed by atoms with Gasteiger partial charge in [0.1, 0.15) is 0 Å². The molecule has 15 heavy (non-hydrogen) atoms. The highest BCUT2D eigenvalue weighted by Gasteiger charge is 2.21. The van der Waals surface area contributed by atoms with Crippen LogP contribution in [0, 0.1) is 0 Å². The van der Waals surface area contributed by atoms with Crippen LogP contribution in [0.3, 0.4) is 0 Å². The second-order valence-corrected chi connectivity index (χ2v) is 4.59. The monoisotopic (exact) mass is 268 g/mol. The van der Waals surface area contributed by atoms with Crippen LogP contribution in [0.2, 0.25) is 0 Å². The first-order valence-electron chi connectivity index (χ1n) is 4.97. The summed E-state index contributed by atoms with van der Waals surface area (Å²) in [5, 5.41) is 5.95. The van der Waals surface area contributed by atoms with Gasteiger partial charge in [0, 0.05) is 10.2 Å². The van der Waals surface area contributed by atoms with Gasteiger partial charge >= 0.3 is 0 Å². The van der Waals surface area contributed by atoms with Crippen molar-refractivity contribution < 1.29 is 4.79 Å². The molecular formula is C11H13BrN2O. The minimum absolute atomic E-state index is 0.0542. The van der Waals surface area contributed by atoms with Crippen LogP contribution in [0.15, 0.2) is 22.7 Å². The van der Waals surface area contributed by atoms with E-state index in [-0.39, 0.29) is 11.9 Å². The molecule has 1 aromatic carbocycles. The fourth-order valence-corrected chi connectivity index (χ4v) is 2.23. The maximum absolute atomic E-state index is 11.7. The largest absolute Gasteiger partial charge is 0.324 e. The molecule has 1 heterocycles. The molecule has 3 nitrogen and oxygen atoms in total. The van der Waals surface area contributed by atoms with Crippen molar-refractivity contribution in [1.82, 2.24) is 5.32 Å². The standard InChI is InChI=1S/C11H13BrN2O/c1-13-10-4-2-7-6-8(12)3-5-9(7)14-11(10)15/h3,5-6,10,13H,2,4H2,1H3,(H,14,15)/t10-/m0/s1. The van der Waals surface area contributed by atoms with Crippen molar-refractivity contribution in [3.8, 4) is 0 Å². The molecule has 80 valence electrons. The van der Waals surface area contributed by atoms with E-state index in [0.29, 0.717) is 0 Å². The Hall–Kier alpha value is -0.870. The third-order valence-electron chi connectivity index (χ3n) is 2.69. The average Bonchev–Trinajstić information content (AvgIpc) is 2.36. The zero-order valence-electron chi connectivity index (χ0n) is 8.51. The Balaban J connectivity index is 2.31. The van der Waals surface area contributed by atoms with Gasteiger partial charge in [0.2, 0.25) is 5.91 Å². The molecule has 2 rings (SSSR count). The molecule has 1 amide bonds. The number of carbonyl (C=O) groups is 1. The van der Waals surface area contributed by atoms with Crippen molar-refractivity contribution in [1.29, 1.82) is 0 Å². The Bertz CT molecular complexity index is 392. The van der Waals surface area contributed by atoms with Crippen molar-refractivity contribution in [2.45, 2.75) is 18.9 Å². The minimum atomic E-state index is -0.0869. The number of halogens is 1. The van der Waals surface area contributed by atoms with Crippen LogP contribution >= 0.6 is 15.9 Å². The first-order valence-corrected chi connectivity index (χ1v) is 5.76. The van der Waals surface area contributed by atoms with Gasteiger partial charge < -0.3 is 10.6 Å². The third-order valence-corrected chi connectivity index (χ3v) is 3.19. The van der Waals surface area contributed by atoms with Gasteiger partial charge in [-0.05, 0) is 43.7 Å². The zero-order valence-corrected chi connectivity index (χ0v) is 10.1. The lowest BCUT2D eigenvalue weighted by molar-refractivity contribution is -0.118. The van der Waals surface area contributed by atoms with Gasteiger partial charge in [0.15, 0.2) is 0 Å². The summed E-state index contributed by atoms with van der Waals surface area (Å²) in [7, 11) is 1.82. The Morgan fingerprint density at radius 1 is 1.53 bits per heavy atom. The fraction of sp³-hybridized carbons (Fsp3) is 0.364. The number of anilines is 1. The summed E-state index contributed by atoms with van der Waals surface area (Å²) in [6, 6.07) is 5.86. The van der Waals surface area contributed by atoms with Crippen LogP contribution in [0.5, 0.6) is 0 Å². The molecule has 4 heteroatoms. The summed E-state index contributed by atoms with van der Waals surface area (Å²) in [5.74, 6) is 0.0542. The number of hydrogen-bond acceptors (Lipinski definition) is 2. The Kier molecular flexibility index (Phi) is 3.07. The topological polar surface area (TPSA) is 41.1 Å². The highest BCUT2D eigenvalue weighted by Crippen LogP contribution is 2.25. The molecule has 0 aromatic heterocycles. The molecule has 0 bridgehead atoms. The van der Waals surface area contributed by atoms with Gasteiger partial charge in [0.05, 0.1) is 6.04 Å². The second kappa shape index (κ2) is 4.33. The first kappa shape index (κ1) is 10.6. The molecule has 2 N–H and O–H groups in total. The van der Waals surface area contributed by atoms with Crippen molar-refractivity contribution in [3.05, 3.63) is 28.2 Å². The zero-order chi connectivity index (χ0) is 10.8. The average molecular weight is 269 g/mol. The van der Waals surface area contributed by atoms with Crippen molar-refractivity contribution >= 4 is 27.5 Å². The van der Waals surface area contributed by atoms with E-state index in [1.54, 1.807) is 0 Å². The van der Waals surface area contributed by atoms with Crippen LogP contribution in [0.25, 0.3) is 0 Å². The van der Waals surface area contributed by atoms with E-state index in [2.05, 4.69) is 32.6 Å². The Labute approximate surface area is 97.4 Å². The Morgan fingerprint density at radius 2 is 2.33 bits per heavy atom. The highest BCUT2D eigenvalue weighted by molar-refractivity contribution is 9.10. The van der Waals surface area contributed by atoms with E-state index in [0.717, 1.165) is 23.0 Å². The number of benzene rings is 1. The number of amides is 1. The molecule has 0 aliphatic carbocycles. The predicted octanol–water partition coefficient (Wildman–Crippen LogP) is 1.92. The molecule has 0 radical (unpaired) electrons. The van der Waals surface area contributed by atoms with E-state index in [9.17, 15) is 4.79 Å². The minimum Gasteiger partial charge on any atom is -0.324 e. The lowest BCUT2D eigenvalue weighted by Gasteiger charge is -2.10. The van der Waals surface area contributed by atoms with Crippen molar-refractivity contribution in [3.63, 3.8) is 0 Å². The Morgan fingerprint density at radius 3 is 3.07 bits per heavy atom. The molecule has 1 aliphatic rings. The summed E-state index contributed by atoms with van der Waals surface area (Å²) < 4.78 is 1.05. The van der Waals surface area contributed by atoms with Crippen LogP contribution in [-0.2, 0) is 11.2 Å². The second-order valence-electron chi connectivity index (χ2n) is 3.67. The van der Waals surface area contributed by atoms with Gasteiger partial charge in [-0.25, -0.2) is 0 Å². The molecular weight excluding hydrogens is 256 g/mol. The number of fused-ring (bicyclic) bond motifs is 1. The number of rotatable bonds is 1.